The molecular formula is C39H51NO5. The van der Waals surface area contributed by atoms with E-state index in [4.69, 9.17) is 14.2 Å². The predicted octanol–water partition coefficient (Wildman–Crippen LogP) is 6.20. The largest absolute Gasteiger partial charge is 0.391 e. The van der Waals surface area contributed by atoms with Crippen LogP contribution in [0.15, 0.2) is 60.7 Å². The van der Waals surface area contributed by atoms with E-state index in [2.05, 4.69) is 86.3 Å². The van der Waals surface area contributed by atoms with E-state index in [1.807, 2.05) is 0 Å². The van der Waals surface area contributed by atoms with Gasteiger partial charge in [0, 0.05) is 37.4 Å². The molecule has 0 aromatic heterocycles. The summed E-state index contributed by atoms with van der Waals surface area (Å²) < 4.78 is 19.2. The third kappa shape index (κ3) is 4.57. The minimum atomic E-state index is -0.602. The first kappa shape index (κ1) is 30.3. The van der Waals surface area contributed by atoms with Gasteiger partial charge in [0.25, 0.3) is 0 Å². The number of morpholine rings is 1. The summed E-state index contributed by atoms with van der Waals surface area (Å²) in [5, 5.41) is 11.8. The molecule has 0 bridgehead atoms. The standard InChI is InChI=1S/C39H51NO5/c1-36-23-31(40-18-19-45-39(25-40,26-10-6-4-7-11-26)27-12-8-5-9-13-27)32(41)22-28(36)14-15-29-30-16-17-34(38(3)43-20-21-44-38)37(30,2)24-33(42)35(29)36/h4-13,28-32,34-35,41H,14-25H2,1-3H3/t28-,29-,30-,31-,32-,34-,35+,36-,37-/m0/s1. The molecule has 4 aliphatic carbocycles. The number of fused-ring (bicyclic) bond motifs is 5. The van der Waals surface area contributed by atoms with Crippen LogP contribution in [-0.2, 0) is 24.6 Å². The van der Waals surface area contributed by atoms with Crippen LogP contribution in [0, 0.1) is 40.4 Å². The molecule has 8 rings (SSSR count). The molecule has 1 N–H and O–H groups in total. The van der Waals surface area contributed by atoms with Crippen LogP contribution in [0.25, 0.3) is 0 Å². The molecule has 2 aromatic rings. The van der Waals surface area contributed by atoms with Gasteiger partial charge in [-0.1, -0.05) is 74.5 Å². The summed E-state index contributed by atoms with van der Waals surface area (Å²) in [4.78, 5) is 17.1. The Balaban J connectivity index is 1.09. The van der Waals surface area contributed by atoms with Crippen LogP contribution in [0.1, 0.15) is 76.8 Å². The smallest absolute Gasteiger partial charge is 0.169 e. The number of aliphatic hydroxyl groups is 1. The molecule has 0 unspecified atom stereocenters. The van der Waals surface area contributed by atoms with Crippen LogP contribution in [0.4, 0.5) is 0 Å². The molecule has 0 spiro atoms. The summed E-state index contributed by atoms with van der Waals surface area (Å²) in [6.45, 7) is 10.3. The fourth-order valence-electron chi connectivity index (χ4n) is 12.0. The Bertz CT molecular complexity index is 1350. The number of hydrogen-bond acceptors (Lipinski definition) is 6. The molecule has 242 valence electrons. The van der Waals surface area contributed by atoms with E-state index in [9.17, 15) is 9.90 Å². The summed E-state index contributed by atoms with van der Waals surface area (Å²) >= 11 is 0. The topological polar surface area (TPSA) is 68.2 Å². The highest BCUT2D eigenvalue weighted by Gasteiger charge is 2.67. The Morgan fingerprint density at radius 1 is 0.800 bits per heavy atom. The molecular weight excluding hydrogens is 562 g/mol. The van der Waals surface area contributed by atoms with E-state index in [0.717, 1.165) is 56.2 Å². The van der Waals surface area contributed by atoms with E-state index in [1.165, 1.54) is 0 Å². The van der Waals surface area contributed by atoms with Gasteiger partial charge >= 0.3 is 0 Å². The first-order valence-electron chi connectivity index (χ1n) is 17.7. The molecule has 9 atom stereocenters. The molecule has 2 heterocycles. The van der Waals surface area contributed by atoms with Gasteiger partial charge in [0.1, 0.15) is 11.4 Å². The fraction of sp³-hybridized carbons (Fsp3) is 0.667. The lowest BCUT2D eigenvalue weighted by Crippen LogP contribution is -2.64. The zero-order chi connectivity index (χ0) is 31.0. The highest BCUT2D eigenvalue weighted by molar-refractivity contribution is 5.84. The van der Waals surface area contributed by atoms with Gasteiger partial charge in [-0.25, -0.2) is 0 Å². The van der Waals surface area contributed by atoms with Crippen molar-refractivity contribution in [1.82, 2.24) is 4.90 Å². The van der Waals surface area contributed by atoms with Gasteiger partial charge in [-0.05, 0) is 85.2 Å². The maximum Gasteiger partial charge on any atom is 0.169 e. The SMILES string of the molecule is CC1([C@H]2CC[C@H]3[C@@H]4CC[C@H]5C[C@H](O)[C@@H](N6CCOC(c7ccccc7)(c7ccccc7)C6)C[C@]5(C)[C@H]4C(=O)C[C@]23C)OCCO1. The Morgan fingerprint density at radius 2 is 1.47 bits per heavy atom. The van der Waals surface area contributed by atoms with Crippen LogP contribution >= 0.6 is 0 Å². The van der Waals surface area contributed by atoms with Crippen LogP contribution in [-0.4, -0.2) is 66.6 Å². The first-order valence-corrected chi connectivity index (χ1v) is 17.7. The van der Waals surface area contributed by atoms with Crippen molar-refractivity contribution >= 4 is 5.78 Å². The van der Waals surface area contributed by atoms with Crippen molar-refractivity contribution in [2.24, 2.45) is 40.4 Å². The molecule has 2 saturated heterocycles. The Hall–Kier alpha value is -2.09. The van der Waals surface area contributed by atoms with E-state index in [1.54, 1.807) is 0 Å². The summed E-state index contributed by atoms with van der Waals surface area (Å²) in [6, 6.07) is 21.2. The van der Waals surface area contributed by atoms with Crippen molar-refractivity contribution in [2.45, 2.75) is 89.3 Å². The predicted molar refractivity (Wildman–Crippen MR) is 172 cm³/mol. The van der Waals surface area contributed by atoms with Crippen molar-refractivity contribution in [2.75, 3.05) is 32.9 Å². The number of rotatable bonds is 4. The van der Waals surface area contributed by atoms with Crippen molar-refractivity contribution in [3.63, 3.8) is 0 Å². The molecule has 0 amide bonds. The number of carbonyl (C=O) groups is 1. The molecule has 4 saturated carbocycles. The Kier molecular flexibility index (Phi) is 7.39. The van der Waals surface area contributed by atoms with Gasteiger partial charge in [0.2, 0.25) is 0 Å². The normalized spacial score (nSPS) is 42.5. The number of hydrogen-bond donors (Lipinski definition) is 1. The highest BCUT2D eigenvalue weighted by atomic mass is 16.7. The fourth-order valence-corrected chi connectivity index (χ4v) is 12.0. The van der Waals surface area contributed by atoms with Gasteiger partial charge in [-0.15, -0.1) is 0 Å². The van der Waals surface area contributed by atoms with Crippen molar-refractivity contribution in [1.29, 1.82) is 0 Å². The number of ketones is 1. The maximum absolute atomic E-state index is 14.6. The van der Waals surface area contributed by atoms with Gasteiger partial charge in [0.15, 0.2) is 5.79 Å². The van der Waals surface area contributed by atoms with Crippen molar-refractivity contribution in [3.8, 4) is 0 Å². The lowest BCUT2D eigenvalue weighted by molar-refractivity contribution is -0.218. The van der Waals surface area contributed by atoms with Crippen LogP contribution in [0.3, 0.4) is 0 Å². The molecule has 2 aromatic carbocycles. The first-order chi connectivity index (χ1) is 21.7. The van der Waals surface area contributed by atoms with E-state index < -0.39 is 17.5 Å². The summed E-state index contributed by atoms with van der Waals surface area (Å²) in [5.74, 6) is 1.51. The summed E-state index contributed by atoms with van der Waals surface area (Å²) in [6.07, 6.45) is 6.31. The number of aliphatic hydroxyl groups excluding tert-OH is 1. The zero-order valence-electron chi connectivity index (χ0n) is 27.3. The molecule has 45 heavy (non-hydrogen) atoms. The lowest BCUT2D eigenvalue weighted by atomic mass is 9.43. The summed E-state index contributed by atoms with van der Waals surface area (Å²) in [5.41, 5.74) is 1.50. The van der Waals surface area contributed by atoms with Gasteiger partial charge in [-0.2, -0.15) is 0 Å². The van der Waals surface area contributed by atoms with Gasteiger partial charge in [-0.3, -0.25) is 9.69 Å². The van der Waals surface area contributed by atoms with Gasteiger partial charge < -0.3 is 19.3 Å². The average Bonchev–Trinajstić information content (AvgIpc) is 3.65. The van der Waals surface area contributed by atoms with E-state index in [-0.39, 0.29) is 28.7 Å². The maximum atomic E-state index is 14.6. The quantitative estimate of drug-likeness (QED) is 0.443. The number of ether oxygens (including phenoxy) is 3. The lowest BCUT2D eigenvalue weighted by Gasteiger charge is -2.62. The van der Waals surface area contributed by atoms with Crippen molar-refractivity contribution < 1.29 is 24.1 Å². The highest BCUT2D eigenvalue weighted by Crippen LogP contribution is 2.68. The Morgan fingerprint density at radius 3 is 2.13 bits per heavy atom. The van der Waals surface area contributed by atoms with E-state index >= 15 is 0 Å². The molecule has 6 nitrogen and oxygen atoms in total. The monoisotopic (exact) mass is 613 g/mol. The number of carbonyl (C=O) groups excluding carboxylic acids is 1. The average molecular weight is 614 g/mol. The number of benzene rings is 2. The molecule has 6 heteroatoms. The number of nitrogens with zero attached hydrogens (tertiary/aromatic N) is 1. The van der Waals surface area contributed by atoms with Crippen molar-refractivity contribution in [3.05, 3.63) is 71.8 Å². The third-order valence-electron chi connectivity index (χ3n) is 14.0. The second kappa shape index (κ2) is 11.0. The van der Waals surface area contributed by atoms with Crippen LogP contribution < -0.4 is 0 Å². The second-order valence-corrected chi connectivity index (χ2v) is 16.0. The molecule has 0 radical (unpaired) electrons. The van der Waals surface area contributed by atoms with Crippen LogP contribution in [0.5, 0.6) is 0 Å². The molecule has 6 fully saturated rings. The minimum Gasteiger partial charge on any atom is -0.391 e. The van der Waals surface area contributed by atoms with Crippen LogP contribution in [0.2, 0.25) is 0 Å². The number of Topliss-reactive ketones (excluding diaryl/α,β-unsaturated/α-hetero) is 1. The zero-order valence-corrected chi connectivity index (χ0v) is 27.3. The second-order valence-electron chi connectivity index (χ2n) is 16.0. The third-order valence-corrected chi connectivity index (χ3v) is 14.0. The Labute approximate surface area is 268 Å². The summed E-state index contributed by atoms with van der Waals surface area (Å²) in [7, 11) is 0. The van der Waals surface area contributed by atoms with Gasteiger partial charge in [0.05, 0.1) is 25.9 Å². The minimum absolute atomic E-state index is 0.00247. The molecule has 6 aliphatic rings. The molecule has 2 aliphatic heterocycles. The van der Waals surface area contributed by atoms with E-state index in [0.29, 0.717) is 56.3 Å².